The molecule has 0 amide bonds. The molecule has 0 spiro atoms. The van der Waals surface area contributed by atoms with Gasteiger partial charge in [0.15, 0.2) is 0 Å². The number of hydrogen-bond donors (Lipinski definition) is 2. The first-order valence-electron chi connectivity index (χ1n) is 7.81. The Morgan fingerprint density at radius 2 is 2.39 bits per heavy atom. The van der Waals surface area contributed by atoms with E-state index in [2.05, 4.69) is 4.98 Å². The Morgan fingerprint density at radius 1 is 1.61 bits per heavy atom. The Labute approximate surface area is 134 Å². The van der Waals surface area contributed by atoms with Crippen LogP contribution >= 0.6 is 0 Å². The zero-order valence-electron chi connectivity index (χ0n) is 13.2. The molecule has 0 aliphatic carbocycles. The van der Waals surface area contributed by atoms with Crippen LogP contribution in [0.3, 0.4) is 0 Å². The summed E-state index contributed by atoms with van der Waals surface area (Å²) in [5, 5.41) is 9.43. The third-order valence-corrected chi connectivity index (χ3v) is 3.90. The van der Waals surface area contributed by atoms with E-state index in [0.29, 0.717) is 12.8 Å². The molecule has 23 heavy (non-hydrogen) atoms. The molecule has 1 aromatic rings. The second-order valence-electron chi connectivity index (χ2n) is 5.64. The number of nitrogens with two attached hydrogens (primary N) is 1. The van der Waals surface area contributed by atoms with Crippen molar-refractivity contribution in [2.45, 2.75) is 44.9 Å². The summed E-state index contributed by atoms with van der Waals surface area (Å²) in [5.74, 6) is -0.275. The average Bonchev–Trinajstić information content (AvgIpc) is 2.93. The Morgan fingerprint density at radius 3 is 3.04 bits per heavy atom. The first-order chi connectivity index (χ1) is 11.0. The van der Waals surface area contributed by atoms with Gasteiger partial charge in [-0.15, -0.1) is 0 Å². The third kappa shape index (κ3) is 4.52. The van der Waals surface area contributed by atoms with Crippen molar-refractivity contribution < 1.29 is 19.4 Å². The number of nitrogen functional groups attached to an aromatic ring is 1. The summed E-state index contributed by atoms with van der Waals surface area (Å²) in [5.41, 5.74) is 4.96. The van der Waals surface area contributed by atoms with Crippen LogP contribution in [0.25, 0.3) is 0 Å². The fourth-order valence-electron chi connectivity index (χ4n) is 2.56. The predicted octanol–water partition coefficient (Wildman–Crippen LogP) is 0.455. The molecule has 2 rings (SSSR count). The number of aliphatic hydroxyl groups excluding tert-OH is 1. The van der Waals surface area contributed by atoms with Crippen molar-refractivity contribution in [1.82, 2.24) is 9.55 Å². The number of anilines is 1. The second-order valence-corrected chi connectivity index (χ2v) is 5.64. The van der Waals surface area contributed by atoms with Crippen molar-refractivity contribution in [3.63, 3.8) is 0 Å². The van der Waals surface area contributed by atoms with Gasteiger partial charge in [-0.3, -0.25) is 9.36 Å². The fraction of sp³-hybridized carbons (Fsp3) is 0.667. The number of ether oxygens (including phenoxy) is 2. The van der Waals surface area contributed by atoms with Crippen molar-refractivity contribution in [2.24, 2.45) is 5.92 Å². The van der Waals surface area contributed by atoms with Crippen molar-refractivity contribution in [1.29, 1.82) is 0 Å². The molecular formula is C15H23N3O5. The van der Waals surface area contributed by atoms with Crippen LogP contribution in [0.2, 0.25) is 0 Å². The molecule has 0 saturated carbocycles. The van der Waals surface area contributed by atoms with Gasteiger partial charge in [-0.25, -0.2) is 4.79 Å². The zero-order chi connectivity index (χ0) is 16.8. The van der Waals surface area contributed by atoms with E-state index in [-0.39, 0.29) is 30.9 Å². The van der Waals surface area contributed by atoms with E-state index in [4.69, 9.17) is 15.2 Å². The molecular weight excluding hydrogens is 302 g/mol. The van der Waals surface area contributed by atoms with Crippen LogP contribution in [-0.2, 0) is 14.3 Å². The zero-order valence-corrected chi connectivity index (χ0v) is 13.2. The van der Waals surface area contributed by atoms with Gasteiger partial charge in [0.2, 0.25) is 0 Å². The monoisotopic (exact) mass is 325 g/mol. The highest BCUT2D eigenvalue weighted by molar-refractivity contribution is 5.69. The molecule has 8 nitrogen and oxygen atoms in total. The van der Waals surface area contributed by atoms with Gasteiger partial charge in [-0.05, 0) is 12.5 Å². The number of carbonyl (C=O) groups excluding carboxylic acids is 1. The van der Waals surface area contributed by atoms with E-state index in [1.54, 1.807) is 0 Å². The second kappa shape index (κ2) is 8.07. The maximum Gasteiger partial charge on any atom is 0.351 e. The smallest absolute Gasteiger partial charge is 0.351 e. The summed E-state index contributed by atoms with van der Waals surface area (Å²) in [6, 6.07) is 1.51. The van der Waals surface area contributed by atoms with Crippen LogP contribution in [-0.4, -0.2) is 39.9 Å². The molecule has 1 aliphatic heterocycles. The van der Waals surface area contributed by atoms with Crippen LogP contribution in [0.5, 0.6) is 0 Å². The quantitative estimate of drug-likeness (QED) is 0.699. The number of esters is 1. The molecule has 1 aliphatic rings. The maximum absolute atomic E-state index is 11.9. The lowest BCUT2D eigenvalue weighted by atomic mass is 10.0. The van der Waals surface area contributed by atoms with Gasteiger partial charge in [0, 0.05) is 25.0 Å². The van der Waals surface area contributed by atoms with Crippen LogP contribution in [0, 0.1) is 5.92 Å². The topological polar surface area (TPSA) is 117 Å². The minimum atomic E-state index is -0.549. The van der Waals surface area contributed by atoms with Crippen LogP contribution in [0.1, 0.15) is 38.8 Å². The lowest BCUT2D eigenvalue weighted by molar-refractivity contribution is -0.146. The molecule has 8 heteroatoms. The number of carbonyl (C=O) groups is 1. The summed E-state index contributed by atoms with van der Waals surface area (Å²) in [6.45, 7) is 1.97. The molecule has 1 saturated heterocycles. The standard InChI is InChI=1S/C15H23N3O5/c1-2-3-4-14(20)22-9-10-7-13(23-11(10)8-19)18-6-5-12(16)17-15(18)21/h5-6,10-11,13,19H,2-4,7-9H2,1H3,(H2,16,17,21). The van der Waals surface area contributed by atoms with E-state index in [0.717, 1.165) is 12.8 Å². The van der Waals surface area contributed by atoms with Crippen molar-refractivity contribution in [3.05, 3.63) is 22.7 Å². The lowest BCUT2D eigenvalue weighted by Crippen LogP contribution is -2.28. The van der Waals surface area contributed by atoms with Gasteiger partial charge in [0.25, 0.3) is 0 Å². The van der Waals surface area contributed by atoms with Crippen molar-refractivity contribution in [3.8, 4) is 0 Å². The van der Waals surface area contributed by atoms with Gasteiger partial charge >= 0.3 is 11.7 Å². The van der Waals surface area contributed by atoms with Gasteiger partial charge in [0.05, 0.1) is 19.3 Å². The number of hydrogen-bond acceptors (Lipinski definition) is 7. The predicted molar refractivity (Wildman–Crippen MR) is 82.5 cm³/mol. The van der Waals surface area contributed by atoms with E-state index >= 15 is 0 Å². The van der Waals surface area contributed by atoms with E-state index < -0.39 is 18.0 Å². The van der Waals surface area contributed by atoms with Crippen LogP contribution in [0.15, 0.2) is 17.1 Å². The molecule has 0 aromatic carbocycles. The van der Waals surface area contributed by atoms with E-state index in [1.165, 1.54) is 16.8 Å². The molecule has 3 unspecified atom stereocenters. The normalized spacial score (nSPS) is 23.8. The molecule has 2 heterocycles. The number of aromatic nitrogens is 2. The largest absolute Gasteiger partial charge is 0.465 e. The fourth-order valence-corrected chi connectivity index (χ4v) is 2.56. The molecule has 1 fully saturated rings. The number of nitrogens with zero attached hydrogens (tertiary/aromatic N) is 2. The summed E-state index contributed by atoms with van der Waals surface area (Å²) < 4.78 is 12.3. The van der Waals surface area contributed by atoms with Crippen molar-refractivity contribution in [2.75, 3.05) is 18.9 Å². The molecule has 1 aromatic heterocycles. The minimum Gasteiger partial charge on any atom is -0.465 e. The van der Waals surface area contributed by atoms with Gasteiger partial charge in [-0.1, -0.05) is 13.3 Å². The number of aliphatic hydroxyl groups is 1. The van der Waals surface area contributed by atoms with Crippen molar-refractivity contribution >= 4 is 11.8 Å². The Kier molecular flexibility index (Phi) is 6.12. The molecule has 3 atom stereocenters. The Bertz CT molecular complexity index is 589. The van der Waals surface area contributed by atoms with Gasteiger partial charge in [-0.2, -0.15) is 4.98 Å². The lowest BCUT2D eigenvalue weighted by Gasteiger charge is -2.15. The SMILES string of the molecule is CCCCC(=O)OCC1CC(n2ccc(N)nc2=O)OC1CO. The summed E-state index contributed by atoms with van der Waals surface area (Å²) in [7, 11) is 0. The minimum absolute atomic E-state index is 0.143. The highest BCUT2D eigenvalue weighted by Gasteiger charge is 2.37. The van der Waals surface area contributed by atoms with Crippen LogP contribution < -0.4 is 11.4 Å². The first kappa shape index (κ1) is 17.4. The highest BCUT2D eigenvalue weighted by atomic mass is 16.5. The first-order valence-corrected chi connectivity index (χ1v) is 7.81. The average molecular weight is 325 g/mol. The van der Waals surface area contributed by atoms with E-state index in [1.807, 2.05) is 6.92 Å². The molecule has 3 N–H and O–H groups in total. The van der Waals surface area contributed by atoms with E-state index in [9.17, 15) is 14.7 Å². The molecule has 128 valence electrons. The summed E-state index contributed by atoms with van der Waals surface area (Å²) in [6.07, 6.45) is 3.04. The summed E-state index contributed by atoms with van der Waals surface area (Å²) >= 11 is 0. The third-order valence-electron chi connectivity index (χ3n) is 3.90. The maximum atomic E-state index is 11.9. The van der Waals surface area contributed by atoms with Crippen LogP contribution in [0.4, 0.5) is 5.82 Å². The highest BCUT2D eigenvalue weighted by Crippen LogP contribution is 2.32. The molecule has 0 bridgehead atoms. The number of unbranched alkanes of at least 4 members (excludes halogenated alkanes) is 1. The molecule has 0 radical (unpaired) electrons. The van der Waals surface area contributed by atoms with Gasteiger partial charge < -0.3 is 20.3 Å². The Hall–Kier alpha value is -1.93. The summed E-state index contributed by atoms with van der Waals surface area (Å²) in [4.78, 5) is 27.1. The Balaban J connectivity index is 1.97. The van der Waals surface area contributed by atoms with Gasteiger partial charge in [0.1, 0.15) is 12.0 Å². The number of rotatable bonds is 7.